The molecule has 0 radical (unpaired) electrons. The van der Waals surface area contributed by atoms with E-state index in [1.807, 2.05) is 20.8 Å². The zero-order valence-electron chi connectivity index (χ0n) is 12.9. The van der Waals surface area contributed by atoms with Crippen molar-refractivity contribution in [2.24, 2.45) is 17.1 Å². The van der Waals surface area contributed by atoms with Gasteiger partial charge in [0.2, 0.25) is 5.91 Å². The Morgan fingerprint density at radius 2 is 2.05 bits per heavy atom. The van der Waals surface area contributed by atoms with Gasteiger partial charge in [0.1, 0.15) is 0 Å². The molecule has 0 aromatic rings. The normalized spacial score (nSPS) is 26.1. The summed E-state index contributed by atoms with van der Waals surface area (Å²) in [4.78, 5) is 25.7. The summed E-state index contributed by atoms with van der Waals surface area (Å²) in [6, 6.07) is -0.522. The van der Waals surface area contributed by atoms with Gasteiger partial charge in [-0.2, -0.15) is 0 Å². The monoisotopic (exact) mass is 284 g/mol. The highest BCUT2D eigenvalue weighted by Crippen LogP contribution is 2.35. The molecular formula is C15H28N2O3. The van der Waals surface area contributed by atoms with Crippen LogP contribution in [0.3, 0.4) is 0 Å². The topological polar surface area (TPSA) is 83.6 Å². The molecule has 1 aliphatic heterocycles. The molecule has 5 heteroatoms. The molecule has 5 nitrogen and oxygen atoms in total. The largest absolute Gasteiger partial charge is 0.481 e. The van der Waals surface area contributed by atoms with Crippen LogP contribution >= 0.6 is 0 Å². The number of nitrogens with two attached hydrogens (primary N) is 1. The third kappa shape index (κ3) is 3.51. The Labute approximate surface area is 121 Å². The molecule has 0 aromatic carbocycles. The number of hydrogen-bond donors (Lipinski definition) is 2. The second-order valence-electron chi connectivity index (χ2n) is 6.11. The van der Waals surface area contributed by atoms with Gasteiger partial charge >= 0.3 is 5.97 Å². The number of rotatable bonds is 6. The number of likely N-dealkylation sites (tertiary alicyclic amines) is 1. The molecule has 2 unspecified atom stereocenters. The first kappa shape index (κ1) is 17.0. The Morgan fingerprint density at radius 3 is 2.55 bits per heavy atom. The van der Waals surface area contributed by atoms with Crippen molar-refractivity contribution in [2.45, 2.75) is 58.9 Å². The minimum atomic E-state index is -0.783. The lowest BCUT2D eigenvalue weighted by molar-refractivity contribution is -0.156. The maximum Gasteiger partial charge on any atom is 0.311 e. The number of carbonyl (C=O) groups is 2. The van der Waals surface area contributed by atoms with E-state index in [4.69, 9.17) is 5.73 Å². The third-order valence-corrected chi connectivity index (χ3v) is 4.61. The molecule has 1 amide bonds. The lowest BCUT2D eigenvalue weighted by atomic mass is 9.76. The second-order valence-corrected chi connectivity index (χ2v) is 6.11. The fraction of sp³-hybridized carbons (Fsp3) is 0.867. The van der Waals surface area contributed by atoms with Crippen LogP contribution in [-0.2, 0) is 9.59 Å². The van der Waals surface area contributed by atoms with Crippen molar-refractivity contribution >= 4 is 11.9 Å². The summed E-state index contributed by atoms with van der Waals surface area (Å²) in [6.45, 7) is 6.88. The van der Waals surface area contributed by atoms with Gasteiger partial charge in [-0.15, -0.1) is 0 Å². The Bertz CT molecular complexity index is 355. The van der Waals surface area contributed by atoms with E-state index >= 15 is 0 Å². The van der Waals surface area contributed by atoms with Crippen LogP contribution < -0.4 is 5.73 Å². The Morgan fingerprint density at radius 1 is 1.40 bits per heavy atom. The maximum absolute atomic E-state index is 12.4. The molecule has 20 heavy (non-hydrogen) atoms. The van der Waals surface area contributed by atoms with E-state index in [1.165, 1.54) is 0 Å². The van der Waals surface area contributed by atoms with Gasteiger partial charge in [0.15, 0.2) is 0 Å². The first-order chi connectivity index (χ1) is 9.38. The molecule has 0 saturated carbocycles. The molecule has 3 atom stereocenters. The molecule has 1 heterocycles. The van der Waals surface area contributed by atoms with Crippen molar-refractivity contribution in [3.8, 4) is 0 Å². The average Bonchev–Trinajstić information content (AvgIpc) is 2.45. The van der Waals surface area contributed by atoms with Gasteiger partial charge in [0.05, 0.1) is 11.5 Å². The molecule has 0 aromatic heterocycles. The van der Waals surface area contributed by atoms with Crippen LogP contribution in [0.5, 0.6) is 0 Å². The summed E-state index contributed by atoms with van der Waals surface area (Å²) in [7, 11) is 0. The summed E-state index contributed by atoms with van der Waals surface area (Å²) in [6.07, 6.45) is 3.67. The van der Waals surface area contributed by atoms with E-state index < -0.39 is 17.4 Å². The second kappa shape index (κ2) is 7.07. The van der Waals surface area contributed by atoms with Gasteiger partial charge in [-0.05, 0) is 25.2 Å². The van der Waals surface area contributed by atoms with Gasteiger partial charge in [-0.1, -0.05) is 33.6 Å². The number of carboxylic acids is 1. The van der Waals surface area contributed by atoms with Crippen molar-refractivity contribution < 1.29 is 14.7 Å². The predicted octanol–water partition coefficient (Wildman–Crippen LogP) is 1.85. The quantitative estimate of drug-likeness (QED) is 0.779. The molecule has 1 saturated heterocycles. The van der Waals surface area contributed by atoms with E-state index in [9.17, 15) is 14.7 Å². The van der Waals surface area contributed by atoms with E-state index in [1.54, 1.807) is 4.90 Å². The van der Waals surface area contributed by atoms with Crippen LogP contribution in [0.2, 0.25) is 0 Å². The standard InChI is InChI=1S/C15H28N2O3/c1-4-7-15(14(19)20)8-6-9-17(10-15)13(18)12(16)11(3)5-2/h11-12H,4-10,16H2,1-3H3,(H,19,20)/t11?,12-,15?/m0/s1. The van der Waals surface area contributed by atoms with Gasteiger partial charge in [0, 0.05) is 13.1 Å². The van der Waals surface area contributed by atoms with Crippen molar-refractivity contribution in [3.63, 3.8) is 0 Å². The summed E-state index contributed by atoms with van der Waals surface area (Å²) in [5.74, 6) is -0.760. The Kier molecular flexibility index (Phi) is 5.99. The van der Waals surface area contributed by atoms with Crippen LogP contribution in [0.1, 0.15) is 52.9 Å². The van der Waals surface area contributed by atoms with E-state index in [0.717, 1.165) is 19.3 Å². The molecule has 0 aliphatic carbocycles. The van der Waals surface area contributed by atoms with Gasteiger partial charge in [-0.3, -0.25) is 9.59 Å². The number of carbonyl (C=O) groups excluding carboxylic acids is 1. The maximum atomic E-state index is 12.4. The number of carboxylic acid groups (broad SMARTS) is 1. The highest BCUT2D eigenvalue weighted by atomic mass is 16.4. The highest BCUT2D eigenvalue weighted by molar-refractivity contribution is 5.83. The number of hydrogen-bond acceptors (Lipinski definition) is 3. The molecule has 1 rings (SSSR count). The van der Waals surface area contributed by atoms with Crippen LogP contribution in [0, 0.1) is 11.3 Å². The third-order valence-electron chi connectivity index (χ3n) is 4.61. The smallest absolute Gasteiger partial charge is 0.311 e. The lowest BCUT2D eigenvalue weighted by Gasteiger charge is -2.41. The van der Waals surface area contributed by atoms with E-state index in [2.05, 4.69) is 0 Å². The first-order valence-electron chi connectivity index (χ1n) is 7.65. The van der Waals surface area contributed by atoms with Crippen LogP contribution in [-0.4, -0.2) is 41.0 Å². The molecule has 0 bridgehead atoms. The lowest BCUT2D eigenvalue weighted by Crippen LogP contribution is -2.55. The van der Waals surface area contributed by atoms with Crippen molar-refractivity contribution in [2.75, 3.05) is 13.1 Å². The number of piperidine rings is 1. The number of aliphatic carboxylic acids is 1. The van der Waals surface area contributed by atoms with Crippen molar-refractivity contribution in [3.05, 3.63) is 0 Å². The van der Waals surface area contributed by atoms with Crippen molar-refractivity contribution in [1.29, 1.82) is 0 Å². The zero-order valence-corrected chi connectivity index (χ0v) is 12.9. The van der Waals surface area contributed by atoms with Crippen LogP contribution in [0.15, 0.2) is 0 Å². The molecular weight excluding hydrogens is 256 g/mol. The molecule has 0 spiro atoms. The fourth-order valence-corrected chi connectivity index (χ4v) is 2.99. The predicted molar refractivity (Wildman–Crippen MR) is 78.2 cm³/mol. The van der Waals surface area contributed by atoms with Crippen LogP contribution in [0.25, 0.3) is 0 Å². The molecule has 3 N–H and O–H groups in total. The summed E-state index contributed by atoms with van der Waals surface area (Å²) >= 11 is 0. The van der Waals surface area contributed by atoms with Gasteiger partial charge in [-0.25, -0.2) is 0 Å². The molecule has 1 fully saturated rings. The summed E-state index contributed by atoms with van der Waals surface area (Å²) in [5.41, 5.74) is 5.22. The Hall–Kier alpha value is -1.10. The highest BCUT2D eigenvalue weighted by Gasteiger charge is 2.43. The van der Waals surface area contributed by atoms with Crippen LogP contribution in [0.4, 0.5) is 0 Å². The SMILES string of the molecule is CCCC1(C(=O)O)CCCN(C(=O)[C@@H](N)C(C)CC)C1. The summed E-state index contributed by atoms with van der Waals surface area (Å²) in [5, 5.41) is 9.54. The van der Waals surface area contributed by atoms with Gasteiger partial charge < -0.3 is 15.7 Å². The zero-order chi connectivity index (χ0) is 15.3. The molecule has 116 valence electrons. The first-order valence-corrected chi connectivity index (χ1v) is 7.65. The number of amides is 1. The fourth-order valence-electron chi connectivity index (χ4n) is 2.99. The van der Waals surface area contributed by atoms with E-state index in [-0.39, 0.29) is 11.8 Å². The minimum Gasteiger partial charge on any atom is -0.481 e. The minimum absolute atomic E-state index is 0.0965. The molecule has 1 aliphatic rings. The average molecular weight is 284 g/mol. The van der Waals surface area contributed by atoms with Crippen molar-refractivity contribution in [1.82, 2.24) is 4.90 Å². The van der Waals surface area contributed by atoms with Gasteiger partial charge in [0.25, 0.3) is 0 Å². The van der Waals surface area contributed by atoms with E-state index in [0.29, 0.717) is 25.9 Å². The number of nitrogens with zero attached hydrogens (tertiary/aromatic N) is 1. The summed E-state index contributed by atoms with van der Waals surface area (Å²) < 4.78 is 0. The Balaban J connectivity index is 2.82.